The van der Waals surface area contributed by atoms with Crippen LogP contribution in [-0.2, 0) is 0 Å². The van der Waals surface area contributed by atoms with Gasteiger partial charge >= 0.3 is 0 Å². The van der Waals surface area contributed by atoms with Crippen LogP contribution in [0.15, 0.2) is 77.1 Å². The Hall–Kier alpha value is -2.10. The van der Waals surface area contributed by atoms with Crippen molar-refractivity contribution in [2.75, 3.05) is 0 Å². The predicted octanol–water partition coefficient (Wildman–Crippen LogP) is 6.16. The summed E-state index contributed by atoms with van der Waals surface area (Å²) in [4.78, 5) is 4.80. The number of aromatic nitrogens is 1. The highest BCUT2D eigenvalue weighted by Gasteiger charge is 2.29. The summed E-state index contributed by atoms with van der Waals surface area (Å²) in [6.45, 7) is 0. The number of nitrogens with zero attached hydrogens (tertiary/aromatic N) is 1. The summed E-state index contributed by atoms with van der Waals surface area (Å²) >= 11 is 3.66. The van der Waals surface area contributed by atoms with Crippen molar-refractivity contribution in [3.63, 3.8) is 0 Å². The van der Waals surface area contributed by atoms with E-state index in [9.17, 15) is 0 Å². The lowest BCUT2D eigenvalue weighted by Crippen LogP contribution is -1.90. The Morgan fingerprint density at radius 3 is 2.04 bits per heavy atom. The third kappa shape index (κ3) is 2.12. The first-order valence-corrected chi connectivity index (χ1v) is 9.30. The molecule has 4 aromatic rings. The van der Waals surface area contributed by atoms with E-state index in [4.69, 9.17) is 4.98 Å². The first-order valence-electron chi connectivity index (χ1n) is 7.60. The second-order valence-corrected chi connectivity index (χ2v) is 8.00. The van der Waals surface area contributed by atoms with E-state index in [0.717, 1.165) is 9.86 Å². The molecule has 1 aromatic heterocycles. The molecule has 1 heterocycles. The first-order chi connectivity index (χ1) is 11.4. The molecular formula is C20H13NS2. The van der Waals surface area contributed by atoms with E-state index in [2.05, 4.69) is 72.8 Å². The topological polar surface area (TPSA) is 12.9 Å². The minimum absolute atomic E-state index is 0.336. The molecule has 5 rings (SSSR count). The summed E-state index contributed by atoms with van der Waals surface area (Å²) in [6, 6.07) is 25.8. The fourth-order valence-electron chi connectivity index (χ4n) is 3.24. The van der Waals surface area contributed by atoms with Crippen LogP contribution in [0.5, 0.6) is 0 Å². The van der Waals surface area contributed by atoms with Gasteiger partial charge in [-0.2, -0.15) is 0 Å². The minimum Gasteiger partial charge on any atom is -0.230 e. The van der Waals surface area contributed by atoms with Gasteiger partial charge in [0.05, 0.1) is 15.5 Å². The van der Waals surface area contributed by atoms with Gasteiger partial charge in [-0.05, 0) is 34.4 Å². The molecule has 3 aromatic carbocycles. The Balaban J connectivity index is 1.62. The van der Waals surface area contributed by atoms with Crippen molar-refractivity contribution in [2.24, 2.45) is 0 Å². The number of thioether (sulfide) groups is 1. The Bertz CT molecular complexity index is 940. The van der Waals surface area contributed by atoms with Crippen LogP contribution in [0.25, 0.3) is 21.3 Å². The van der Waals surface area contributed by atoms with Crippen LogP contribution in [0.3, 0.4) is 0 Å². The summed E-state index contributed by atoms with van der Waals surface area (Å²) in [5.74, 6) is 0. The van der Waals surface area contributed by atoms with Gasteiger partial charge in [-0.1, -0.05) is 72.4 Å². The number of hydrogen-bond donors (Lipinski definition) is 0. The van der Waals surface area contributed by atoms with Crippen LogP contribution in [0.1, 0.15) is 16.4 Å². The predicted molar refractivity (Wildman–Crippen MR) is 99.2 cm³/mol. The molecule has 1 nitrogen and oxygen atoms in total. The van der Waals surface area contributed by atoms with Gasteiger partial charge in [0.2, 0.25) is 0 Å². The normalized spacial score (nSPS) is 13.2. The van der Waals surface area contributed by atoms with Crippen LogP contribution in [0, 0.1) is 0 Å². The molecule has 0 spiro atoms. The largest absolute Gasteiger partial charge is 0.230 e. The van der Waals surface area contributed by atoms with Crippen LogP contribution < -0.4 is 0 Å². The van der Waals surface area contributed by atoms with Crippen molar-refractivity contribution in [2.45, 2.75) is 9.59 Å². The third-order valence-electron chi connectivity index (χ3n) is 4.27. The second kappa shape index (κ2) is 5.22. The maximum Gasteiger partial charge on any atom is 0.152 e. The van der Waals surface area contributed by atoms with Crippen molar-refractivity contribution >= 4 is 33.3 Å². The van der Waals surface area contributed by atoms with Gasteiger partial charge in [0.25, 0.3) is 0 Å². The zero-order valence-corrected chi connectivity index (χ0v) is 13.9. The average Bonchev–Trinajstić information content (AvgIpc) is 3.15. The molecule has 0 aliphatic heterocycles. The van der Waals surface area contributed by atoms with Gasteiger partial charge in [-0.15, -0.1) is 11.3 Å². The van der Waals surface area contributed by atoms with Crippen molar-refractivity contribution in [1.29, 1.82) is 0 Å². The Labute approximate surface area is 143 Å². The van der Waals surface area contributed by atoms with Gasteiger partial charge in [0, 0.05) is 0 Å². The molecule has 0 N–H and O–H groups in total. The second-order valence-electron chi connectivity index (χ2n) is 5.62. The summed E-state index contributed by atoms with van der Waals surface area (Å²) in [5.41, 5.74) is 6.62. The van der Waals surface area contributed by atoms with Gasteiger partial charge in [-0.25, -0.2) is 4.98 Å². The van der Waals surface area contributed by atoms with Crippen molar-refractivity contribution in [3.05, 3.63) is 83.9 Å². The number of thiazole rings is 1. The fraction of sp³-hybridized carbons (Fsp3) is 0.0500. The summed E-state index contributed by atoms with van der Waals surface area (Å²) < 4.78 is 2.40. The Morgan fingerprint density at radius 1 is 0.739 bits per heavy atom. The summed E-state index contributed by atoms with van der Waals surface area (Å²) in [5, 5.41) is 0.336. The molecule has 0 bridgehead atoms. The van der Waals surface area contributed by atoms with Crippen molar-refractivity contribution in [1.82, 2.24) is 4.98 Å². The maximum atomic E-state index is 4.80. The quantitative estimate of drug-likeness (QED) is 0.436. The van der Waals surface area contributed by atoms with Gasteiger partial charge in [0.15, 0.2) is 4.34 Å². The molecular weight excluding hydrogens is 318 g/mol. The summed E-state index contributed by atoms with van der Waals surface area (Å²) in [6.07, 6.45) is 0. The van der Waals surface area contributed by atoms with Crippen LogP contribution in [-0.4, -0.2) is 4.98 Å². The molecule has 1 aliphatic carbocycles. The Morgan fingerprint density at radius 2 is 1.35 bits per heavy atom. The molecule has 0 radical (unpaired) electrons. The molecule has 1 aliphatic rings. The van der Waals surface area contributed by atoms with E-state index in [-0.39, 0.29) is 0 Å². The van der Waals surface area contributed by atoms with Crippen molar-refractivity contribution in [3.8, 4) is 11.1 Å². The maximum absolute atomic E-state index is 4.80. The van der Waals surface area contributed by atoms with E-state index in [1.165, 1.54) is 27.0 Å². The van der Waals surface area contributed by atoms with Crippen LogP contribution in [0.4, 0.5) is 0 Å². The highest BCUT2D eigenvalue weighted by molar-refractivity contribution is 8.01. The van der Waals surface area contributed by atoms with Crippen molar-refractivity contribution < 1.29 is 0 Å². The Kier molecular flexibility index (Phi) is 3.03. The molecule has 3 heteroatoms. The smallest absolute Gasteiger partial charge is 0.152 e. The zero-order chi connectivity index (χ0) is 15.2. The lowest BCUT2D eigenvalue weighted by molar-refractivity contribution is 1.19. The summed E-state index contributed by atoms with van der Waals surface area (Å²) in [7, 11) is 0. The van der Waals surface area contributed by atoms with Gasteiger partial charge in [-0.3, -0.25) is 0 Å². The molecule has 0 saturated heterocycles. The lowest BCUT2D eigenvalue weighted by atomic mass is 10.1. The van der Waals surface area contributed by atoms with Gasteiger partial charge in [0.1, 0.15) is 0 Å². The molecule has 0 atom stereocenters. The third-order valence-corrected chi connectivity index (χ3v) is 6.68. The average molecular weight is 331 g/mol. The molecule has 0 fully saturated rings. The highest BCUT2D eigenvalue weighted by atomic mass is 32.2. The van der Waals surface area contributed by atoms with E-state index in [0.29, 0.717) is 5.25 Å². The molecule has 0 amide bonds. The number of benzene rings is 3. The standard InChI is InChI=1S/C20H13NS2/c1-3-9-15-13(7-1)14-8-2-4-10-16(14)19(15)23-20-21-17-11-5-6-12-18(17)22-20/h1-12,19H. The molecule has 23 heavy (non-hydrogen) atoms. The number of rotatable bonds is 2. The van der Waals surface area contributed by atoms with E-state index >= 15 is 0 Å². The molecule has 110 valence electrons. The fourth-order valence-corrected chi connectivity index (χ4v) is 5.70. The SMILES string of the molecule is c1ccc2c(c1)-c1ccccc1C2Sc1nc2ccccc2s1. The molecule has 0 unspecified atom stereocenters. The molecule has 0 saturated carbocycles. The minimum atomic E-state index is 0.336. The van der Waals surface area contributed by atoms with Gasteiger partial charge < -0.3 is 0 Å². The van der Waals surface area contributed by atoms with E-state index in [1.807, 2.05) is 11.8 Å². The monoisotopic (exact) mass is 331 g/mol. The van der Waals surface area contributed by atoms with E-state index < -0.39 is 0 Å². The van der Waals surface area contributed by atoms with Crippen LogP contribution >= 0.6 is 23.1 Å². The first kappa shape index (κ1) is 13.3. The zero-order valence-electron chi connectivity index (χ0n) is 12.3. The lowest BCUT2D eigenvalue weighted by Gasteiger charge is -2.10. The number of fused-ring (bicyclic) bond motifs is 4. The van der Waals surface area contributed by atoms with Crippen LogP contribution in [0.2, 0.25) is 0 Å². The van der Waals surface area contributed by atoms with E-state index in [1.54, 1.807) is 11.3 Å². The number of hydrogen-bond acceptors (Lipinski definition) is 3. The number of para-hydroxylation sites is 1. The highest BCUT2D eigenvalue weighted by Crippen LogP contribution is 2.52.